The van der Waals surface area contributed by atoms with E-state index in [1.807, 2.05) is 13.0 Å². The van der Waals surface area contributed by atoms with Gasteiger partial charge in [-0.15, -0.1) is 0 Å². The minimum atomic E-state index is 0.789. The lowest BCUT2D eigenvalue weighted by molar-refractivity contribution is 0.305. The summed E-state index contributed by atoms with van der Waals surface area (Å²) in [6.07, 6.45) is 10.6. The molecule has 0 aliphatic heterocycles. The van der Waals surface area contributed by atoms with Gasteiger partial charge >= 0.3 is 0 Å². The Balaban J connectivity index is 1.82. The van der Waals surface area contributed by atoms with Gasteiger partial charge in [0.15, 0.2) is 0 Å². The average molecular weight is 340 g/mol. The summed E-state index contributed by atoms with van der Waals surface area (Å²) >= 11 is 0. The lowest BCUT2D eigenvalue weighted by atomic mass is 10.1. The molecule has 2 nitrogen and oxygen atoms in total. The fourth-order valence-corrected chi connectivity index (χ4v) is 3.07. The molecule has 1 heterocycles. The summed E-state index contributed by atoms with van der Waals surface area (Å²) in [4.78, 5) is 4.65. The van der Waals surface area contributed by atoms with Crippen molar-refractivity contribution in [1.82, 2.24) is 4.98 Å². The van der Waals surface area contributed by atoms with E-state index in [4.69, 9.17) is 4.74 Å². The molecule has 136 valence electrons. The van der Waals surface area contributed by atoms with Crippen molar-refractivity contribution in [3.8, 4) is 17.0 Å². The highest BCUT2D eigenvalue weighted by molar-refractivity contribution is 5.67. The van der Waals surface area contributed by atoms with Crippen LogP contribution in [0.4, 0.5) is 0 Å². The van der Waals surface area contributed by atoms with E-state index in [0.717, 1.165) is 35.7 Å². The normalized spacial score (nSPS) is 10.8. The topological polar surface area (TPSA) is 22.1 Å². The van der Waals surface area contributed by atoms with Crippen LogP contribution in [-0.2, 0) is 0 Å². The van der Waals surface area contributed by atoms with Gasteiger partial charge in [0.05, 0.1) is 12.3 Å². The predicted octanol–water partition coefficient (Wildman–Crippen LogP) is 6.88. The van der Waals surface area contributed by atoms with Crippen molar-refractivity contribution < 1.29 is 4.74 Å². The molecule has 2 aromatic rings. The molecular weight excluding hydrogens is 306 g/mol. The molecule has 2 rings (SSSR count). The third-order valence-corrected chi connectivity index (χ3v) is 4.56. The summed E-state index contributed by atoms with van der Waals surface area (Å²) in [5.74, 6) is 0.959. The van der Waals surface area contributed by atoms with E-state index in [1.165, 1.54) is 50.5 Å². The van der Waals surface area contributed by atoms with Crippen LogP contribution in [0.15, 0.2) is 36.4 Å². The summed E-state index contributed by atoms with van der Waals surface area (Å²) in [7, 11) is 0. The van der Waals surface area contributed by atoms with Crippen LogP contribution in [-0.4, -0.2) is 11.6 Å². The largest absolute Gasteiger partial charge is 0.493 e. The maximum Gasteiger partial charge on any atom is 0.128 e. The van der Waals surface area contributed by atoms with Crippen LogP contribution in [0.1, 0.15) is 69.5 Å². The monoisotopic (exact) mass is 339 g/mol. The number of benzene rings is 1. The fraction of sp³-hybridized carbons (Fsp3) is 0.522. The highest BCUT2D eigenvalue weighted by Gasteiger charge is 2.08. The second kappa shape index (κ2) is 10.9. The molecule has 0 radical (unpaired) electrons. The van der Waals surface area contributed by atoms with Crippen LogP contribution in [0.25, 0.3) is 11.3 Å². The molecule has 25 heavy (non-hydrogen) atoms. The van der Waals surface area contributed by atoms with Crippen molar-refractivity contribution in [3.05, 3.63) is 47.7 Å². The van der Waals surface area contributed by atoms with Gasteiger partial charge in [-0.2, -0.15) is 0 Å². The molecule has 1 aromatic carbocycles. The maximum absolute atomic E-state index is 6.12. The Labute approximate surface area is 153 Å². The number of aryl methyl sites for hydroxylation is 2. The van der Waals surface area contributed by atoms with Crippen molar-refractivity contribution in [3.63, 3.8) is 0 Å². The number of unbranched alkanes of at least 4 members (excludes halogenated alkanes) is 7. The van der Waals surface area contributed by atoms with Crippen molar-refractivity contribution >= 4 is 0 Å². The van der Waals surface area contributed by atoms with E-state index in [0.29, 0.717) is 0 Å². The third kappa shape index (κ3) is 6.89. The van der Waals surface area contributed by atoms with Crippen LogP contribution in [0.5, 0.6) is 5.75 Å². The minimum absolute atomic E-state index is 0.789. The SMILES string of the molecule is CCCCCCCCCCOc1cc(C)ccc1-c1cccc(C)n1. The fourth-order valence-electron chi connectivity index (χ4n) is 3.07. The zero-order valence-corrected chi connectivity index (χ0v) is 16.2. The summed E-state index contributed by atoms with van der Waals surface area (Å²) in [5, 5.41) is 0. The minimum Gasteiger partial charge on any atom is -0.493 e. The first-order chi connectivity index (χ1) is 12.2. The van der Waals surface area contributed by atoms with Gasteiger partial charge in [-0.1, -0.05) is 64.0 Å². The van der Waals surface area contributed by atoms with Gasteiger partial charge < -0.3 is 4.74 Å². The van der Waals surface area contributed by atoms with Gasteiger partial charge in [0.25, 0.3) is 0 Å². The molecule has 0 saturated heterocycles. The van der Waals surface area contributed by atoms with Crippen molar-refractivity contribution in [2.45, 2.75) is 72.1 Å². The summed E-state index contributed by atoms with van der Waals surface area (Å²) in [5.41, 5.74) is 4.34. The number of hydrogen-bond acceptors (Lipinski definition) is 2. The third-order valence-electron chi connectivity index (χ3n) is 4.56. The molecule has 0 unspecified atom stereocenters. The Bertz CT molecular complexity index is 636. The lowest BCUT2D eigenvalue weighted by Gasteiger charge is -2.12. The van der Waals surface area contributed by atoms with Gasteiger partial charge in [0, 0.05) is 11.3 Å². The molecule has 0 aliphatic rings. The number of ether oxygens (including phenoxy) is 1. The maximum atomic E-state index is 6.12. The lowest BCUT2D eigenvalue weighted by Crippen LogP contribution is -2.00. The highest BCUT2D eigenvalue weighted by Crippen LogP contribution is 2.30. The highest BCUT2D eigenvalue weighted by atomic mass is 16.5. The van der Waals surface area contributed by atoms with Crippen LogP contribution < -0.4 is 4.74 Å². The summed E-state index contributed by atoms with van der Waals surface area (Å²) in [6, 6.07) is 12.5. The van der Waals surface area contributed by atoms with Crippen LogP contribution in [0.3, 0.4) is 0 Å². The molecule has 1 aromatic heterocycles. The smallest absolute Gasteiger partial charge is 0.128 e. The average Bonchev–Trinajstić information content (AvgIpc) is 2.60. The van der Waals surface area contributed by atoms with E-state index in [9.17, 15) is 0 Å². The Morgan fingerprint density at radius 1 is 0.840 bits per heavy atom. The number of nitrogens with zero attached hydrogens (tertiary/aromatic N) is 1. The van der Waals surface area contributed by atoms with Crippen LogP contribution in [0.2, 0.25) is 0 Å². The van der Waals surface area contributed by atoms with Gasteiger partial charge in [-0.3, -0.25) is 4.98 Å². The van der Waals surface area contributed by atoms with Crippen molar-refractivity contribution in [2.24, 2.45) is 0 Å². The Hall–Kier alpha value is -1.83. The molecular formula is C23H33NO. The van der Waals surface area contributed by atoms with Crippen molar-refractivity contribution in [2.75, 3.05) is 6.61 Å². The van der Waals surface area contributed by atoms with Gasteiger partial charge in [-0.05, 0) is 50.1 Å². The molecule has 0 bridgehead atoms. The first-order valence-corrected chi connectivity index (χ1v) is 9.88. The second-order valence-electron chi connectivity index (χ2n) is 6.99. The number of aromatic nitrogens is 1. The van der Waals surface area contributed by atoms with Crippen molar-refractivity contribution in [1.29, 1.82) is 0 Å². The standard InChI is InChI=1S/C23H33NO/c1-4-5-6-7-8-9-10-11-17-25-23-18-19(2)15-16-21(23)22-14-12-13-20(3)24-22/h12-16,18H,4-11,17H2,1-3H3. The second-order valence-corrected chi connectivity index (χ2v) is 6.99. The van der Waals surface area contributed by atoms with E-state index < -0.39 is 0 Å². The number of hydrogen-bond donors (Lipinski definition) is 0. The molecule has 0 spiro atoms. The zero-order chi connectivity index (χ0) is 17.9. The molecule has 0 amide bonds. The van der Waals surface area contributed by atoms with E-state index in [-0.39, 0.29) is 0 Å². The summed E-state index contributed by atoms with van der Waals surface area (Å²) < 4.78 is 6.12. The predicted molar refractivity (Wildman–Crippen MR) is 107 cm³/mol. The molecule has 2 heteroatoms. The number of rotatable bonds is 11. The Morgan fingerprint density at radius 2 is 1.56 bits per heavy atom. The van der Waals surface area contributed by atoms with Crippen LogP contribution >= 0.6 is 0 Å². The molecule has 0 aliphatic carbocycles. The Morgan fingerprint density at radius 3 is 2.28 bits per heavy atom. The van der Waals surface area contributed by atoms with Gasteiger partial charge in [0.1, 0.15) is 5.75 Å². The molecule has 0 atom stereocenters. The number of pyridine rings is 1. The molecule has 0 N–H and O–H groups in total. The first-order valence-electron chi connectivity index (χ1n) is 9.88. The van der Waals surface area contributed by atoms with Gasteiger partial charge in [0.2, 0.25) is 0 Å². The quantitative estimate of drug-likeness (QED) is 0.416. The first kappa shape index (κ1) is 19.5. The molecule has 0 saturated carbocycles. The molecule has 0 fully saturated rings. The van der Waals surface area contributed by atoms with E-state index in [2.05, 4.69) is 49.2 Å². The van der Waals surface area contributed by atoms with E-state index >= 15 is 0 Å². The van der Waals surface area contributed by atoms with Gasteiger partial charge in [-0.25, -0.2) is 0 Å². The Kier molecular flexibility index (Phi) is 8.51. The van der Waals surface area contributed by atoms with E-state index in [1.54, 1.807) is 0 Å². The van der Waals surface area contributed by atoms with Crippen LogP contribution in [0, 0.1) is 13.8 Å². The zero-order valence-electron chi connectivity index (χ0n) is 16.2. The summed E-state index contributed by atoms with van der Waals surface area (Å²) in [6.45, 7) is 7.19.